The number of hydrogen-bond donors (Lipinski definition) is 1. The second kappa shape index (κ2) is 8.28. The van der Waals surface area contributed by atoms with E-state index in [1.807, 2.05) is 32.0 Å². The van der Waals surface area contributed by atoms with E-state index >= 15 is 0 Å². The van der Waals surface area contributed by atoms with Gasteiger partial charge >= 0.3 is 5.97 Å². The molecule has 1 unspecified atom stereocenters. The molecular formula is C22H28N2O5S. The number of sulfonamides is 1. The number of nitrogens with zero attached hydrogens (tertiary/aromatic N) is 2. The maximum absolute atomic E-state index is 13.1. The second-order valence-corrected chi connectivity index (χ2v) is 10.1. The van der Waals surface area contributed by atoms with Gasteiger partial charge < -0.3 is 14.7 Å². The fourth-order valence-electron chi connectivity index (χ4n) is 3.50. The van der Waals surface area contributed by atoms with Crippen LogP contribution in [0.15, 0.2) is 53.4 Å². The van der Waals surface area contributed by atoms with Crippen LogP contribution in [0.2, 0.25) is 0 Å². The first-order valence-corrected chi connectivity index (χ1v) is 11.3. The lowest BCUT2D eigenvalue weighted by atomic mass is 10.1. The summed E-state index contributed by atoms with van der Waals surface area (Å²) in [6, 6.07) is 14.1. The Bertz CT molecular complexity index is 1020. The predicted octanol–water partition coefficient (Wildman–Crippen LogP) is 3.14. The summed E-state index contributed by atoms with van der Waals surface area (Å²) in [6.45, 7) is 8.34. The molecule has 8 heteroatoms. The van der Waals surface area contributed by atoms with E-state index in [0.717, 1.165) is 5.69 Å². The molecule has 0 bridgehead atoms. The molecule has 1 fully saturated rings. The van der Waals surface area contributed by atoms with Gasteiger partial charge in [0.15, 0.2) is 5.60 Å². The van der Waals surface area contributed by atoms with Crippen molar-refractivity contribution >= 4 is 21.7 Å². The summed E-state index contributed by atoms with van der Waals surface area (Å²) in [6.07, 6.45) is 0. The largest absolute Gasteiger partial charge is 0.478 e. The van der Waals surface area contributed by atoms with Gasteiger partial charge in [-0.3, -0.25) is 0 Å². The van der Waals surface area contributed by atoms with Crippen molar-refractivity contribution in [2.45, 2.75) is 44.2 Å². The molecule has 0 saturated carbocycles. The van der Waals surface area contributed by atoms with Crippen molar-refractivity contribution < 1.29 is 23.1 Å². The molecule has 7 nitrogen and oxygen atoms in total. The number of ether oxygens (including phenoxy) is 1. The molecule has 1 N–H and O–H groups in total. The zero-order valence-corrected chi connectivity index (χ0v) is 18.5. The molecule has 1 aliphatic heterocycles. The Labute approximate surface area is 177 Å². The third-order valence-electron chi connectivity index (χ3n) is 5.27. The molecular weight excluding hydrogens is 404 g/mol. The van der Waals surface area contributed by atoms with Crippen molar-refractivity contribution in [2.24, 2.45) is 0 Å². The number of carboxylic acid groups (broad SMARTS) is 1. The minimum absolute atomic E-state index is 0.0364. The molecule has 2 aromatic carbocycles. The summed E-state index contributed by atoms with van der Waals surface area (Å²) in [5.41, 5.74) is 0.868. The molecule has 162 valence electrons. The van der Waals surface area contributed by atoms with Gasteiger partial charge in [-0.2, -0.15) is 4.31 Å². The van der Waals surface area contributed by atoms with Crippen molar-refractivity contribution in [1.82, 2.24) is 4.31 Å². The van der Waals surface area contributed by atoms with Crippen LogP contribution in [0.3, 0.4) is 0 Å². The molecule has 30 heavy (non-hydrogen) atoms. The van der Waals surface area contributed by atoms with Crippen LogP contribution in [-0.4, -0.2) is 55.1 Å². The summed E-state index contributed by atoms with van der Waals surface area (Å²) >= 11 is 0. The zero-order chi connectivity index (χ0) is 22.1. The number of rotatable bonds is 6. The van der Waals surface area contributed by atoms with Gasteiger partial charge in [0.05, 0.1) is 4.90 Å². The first-order valence-electron chi connectivity index (χ1n) is 9.86. The lowest BCUT2D eigenvalue weighted by molar-refractivity contribution is -0.152. The number of aryl methyl sites for hydroxylation is 1. The molecule has 1 atom stereocenters. The fourth-order valence-corrected chi connectivity index (χ4v) is 5.01. The number of anilines is 1. The molecule has 0 amide bonds. The SMILES string of the molecule is Cc1cccc(N2CCN(S(=O)(=O)c3ccc(OC(C)(C)C(=O)O)cc3)CC2C)c1. The first-order chi connectivity index (χ1) is 14.0. The highest BCUT2D eigenvalue weighted by molar-refractivity contribution is 7.89. The smallest absolute Gasteiger partial charge is 0.347 e. The summed E-state index contributed by atoms with van der Waals surface area (Å²) in [4.78, 5) is 13.6. The minimum Gasteiger partial charge on any atom is -0.478 e. The van der Waals surface area contributed by atoms with E-state index in [-0.39, 0.29) is 10.9 Å². The molecule has 1 aliphatic rings. The molecule has 1 heterocycles. The Morgan fingerprint density at radius 3 is 2.37 bits per heavy atom. The molecule has 0 aromatic heterocycles. The van der Waals surface area contributed by atoms with E-state index < -0.39 is 21.6 Å². The average Bonchev–Trinajstić information content (AvgIpc) is 2.68. The third kappa shape index (κ3) is 4.60. The van der Waals surface area contributed by atoms with E-state index in [1.165, 1.54) is 48.0 Å². The summed E-state index contributed by atoms with van der Waals surface area (Å²) in [5, 5.41) is 9.17. The lowest BCUT2D eigenvalue weighted by Crippen LogP contribution is -2.53. The quantitative estimate of drug-likeness (QED) is 0.755. The number of piperazine rings is 1. The number of hydrogen-bond acceptors (Lipinski definition) is 5. The van der Waals surface area contributed by atoms with Crippen molar-refractivity contribution in [3.63, 3.8) is 0 Å². The van der Waals surface area contributed by atoms with Crippen molar-refractivity contribution in [3.8, 4) is 5.75 Å². The minimum atomic E-state index is -3.65. The Morgan fingerprint density at radius 2 is 1.80 bits per heavy atom. The fraction of sp³-hybridized carbons (Fsp3) is 0.409. The van der Waals surface area contributed by atoms with E-state index in [1.54, 1.807) is 0 Å². The van der Waals surface area contributed by atoms with E-state index in [4.69, 9.17) is 9.84 Å². The van der Waals surface area contributed by atoms with Gasteiger partial charge in [-0.15, -0.1) is 0 Å². The van der Waals surface area contributed by atoms with Gasteiger partial charge in [0.2, 0.25) is 10.0 Å². The first kappa shape index (κ1) is 22.1. The number of carboxylic acids is 1. The number of carbonyl (C=O) groups is 1. The number of aliphatic carboxylic acids is 1. The van der Waals surface area contributed by atoms with Crippen molar-refractivity contribution in [3.05, 3.63) is 54.1 Å². The van der Waals surface area contributed by atoms with Crippen LogP contribution in [0.4, 0.5) is 5.69 Å². The van der Waals surface area contributed by atoms with E-state index in [2.05, 4.69) is 11.0 Å². The molecule has 0 radical (unpaired) electrons. The Balaban J connectivity index is 1.72. The second-order valence-electron chi connectivity index (χ2n) is 8.13. The Kier molecular flexibility index (Phi) is 6.10. The van der Waals surface area contributed by atoms with E-state index in [0.29, 0.717) is 25.4 Å². The molecule has 2 aromatic rings. The van der Waals surface area contributed by atoms with Crippen LogP contribution in [0, 0.1) is 6.92 Å². The molecule has 1 saturated heterocycles. The average molecular weight is 433 g/mol. The Hall–Kier alpha value is -2.58. The van der Waals surface area contributed by atoms with Crippen molar-refractivity contribution in [2.75, 3.05) is 24.5 Å². The predicted molar refractivity (Wildman–Crippen MR) is 116 cm³/mol. The molecule has 3 rings (SSSR count). The normalized spacial score (nSPS) is 18.3. The van der Waals surface area contributed by atoms with Gasteiger partial charge in [-0.05, 0) is 69.7 Å². The highest BCUT2D eigenvalue weighted by atomic mass is 32.2. The van der Waals surface area contributed by atoms with Gasteiger partial charge in [0, 0.05) is 31.4 Å². The Morgan fingerprint density at radius 1 is 1.13 bits per heavy atom. The van der Waals surface area contributed by atoms with Crippen LogP contribution < -0.4 is 9.64 Å². The highest BCUT2D eigenvalue weighted by Gasteiger charge is 2.33. The molecule has 0 spiro atoms. The van der Waals surface area contributed by atoms with Gasteiger partial charge in [-0.1, -0.05) is 12.1 Å². The van der Waals surface area contributed by atoms with E-state index in [9.17, 15) is 13.2 Å². The summed E-state index contributed by atoms with van der Waals surface area (Å²) < 4.78 is 33.2. The monoisotopic (exact) mass is 432 g/mol. The summed E-state index contributed by atoms with van der Waals surface area (Å²) in [5.74, 6) is -0.793. The van der Waals surface area contributed by atoms with Crippen molar-refractivity contribution in [1.29, 1.82) is 0 Å². The van der Waals surface area contributed by atoms with Gasteiger partial charge in [0.25, 0.3) is 0 Å². The summed E-state index contributed by atoms with van der Waals surface area (Å²) in [7, 11) is -3.65. The number of benzene rings is 2. The maximum atomic E-state index is 13.1. The van der Waals surface area contributed by atoms with Crippen LogP contribution in [0.25, 0.3) is 0 Å². The maximum Gasteiger partial charge on any atom is 0.347 e. The van der Waals surface area contributed by atoms with Crippen LogP contribution in [0.1, 0.15) is 26.3 Å². The molecule has 0 aliphatic carbocycles. The topological polar surface area (TPSA) is 87.2 Å². The van der Waals surface area contributed by atoms with Gasteiger partial charge in [0.1, 0.15) is 5.75 Å². The zero-order valence-electron chi connectivity index (χ0n) is 17.7. The highest BCUT2D eigenvalue weighted by Crippen LogP contribution is 2.27. The van der Waals surface area contributed by atoms with Crippen LogP contribution >= 0.6 is 0 Å². The van der Waals surface area contributed by atoms with Gasteiger partial charge in [-0.25, -0.2) is 13.2 Å². The standard InChI is InChI=1S/C22H28N2O5S/c1-16-6-5-7-18(14-16)24-13-12-23(15-17(24)2)30(27,28)20-10-8-19(9-11-20)29-22(3,4)21(25)26/h5-11,14,17H,12-13,15H2,1-4H3,(H,25,26). The van der Waals surface area contributed by atoms with Crippen LogP contribution in [-0.2, 0) is 14.8 Å². The van der Waals surface area contributed by atoms with Crippen LogP contribution in [0.5, 0.6) is 5.75 Å². The lowest BCUT2D eigenvalue weighted by Gasteiger charge is -2.40. The third-order valence-corrected chi connectivity index (χ3v) is 7.15.